The van der Waals surface area contributed by atoms with Gasteiger partial charge in [-0.25, -0.2) is 0 Å². The smallest absolute Gasteiger partial charge is 0.161 e. The van der Waals surface area contributed by atoms with Crippen LogP contribution in [-0.2, 0) is 9.47 Å². The van der Waals surface area contributed by atoms with Crippen LogP contribution < -0.4 is 0 Å². The summed E-state index contributed by atoms with van der Waals surface area (Å²) in [5.41, 5.74) is 0. The van der Waals surface area contributed by atoms with Crippen LogP contribution in [-0.4, -0.2) is 19.5 Å². The Morgan fingerprint density at radius 1 is 1.38 bits per heavy atom. The lowest BCUT2D eigenvalue weighted by atomic mass is 10.1. The van der Waals surface area contributed by atoms with E-state index in [4.69, 9.17) is 9.47 Å². The van der Waals surface area contributed by atoms with Crippen LogP contribution in [0, 0.1) is 12.3 Å². The van der Waals surface area contributed by atoms with Crippen molar-refractivity contribution in [3.05, 3.63) is 6.42 Å². The maximum Gasteiger partial charge on any atom is 0.161 e. The average Bonchev–Trinajstić information content (AvgIpc) is 2.15. The number of rotatable bonds is 0. The van der Waals surface area contributed by atoms with Gasteiger partial charge in [0.25, 0.3) is 0 Å². The van der Waals surface area contributed by atoms with E-state index in [0.29, 0.717) is 12.5 Å². The van der Waals surface area contributed by atoms with Crippen molar-refractivity contribution < 1.29 is 9.47 Å². The summed E-state index contributed by atoms with van der Waals surface area (Å²) in [4.78, 5) is 0. The fourth-order valence-electron chi connectivity index (χ4n) is 1.16. The zero-order valence-corrected chi connectivity index (χ0v) is 4.59. The van der Waals surface area contributed by atoms with Gasteiger partial charge in [-0.2, -0.15) is 0 Å². The molecule has 0 spiro atoms. The minimum absolute atomic E-state index is 0.0648. The summed E-state index contributed by atoms with van der Waals surface area (Å²) in [6, 6.07) is 0. The molecule has 0 aromatic heterocycles. The Labute approximate surface area is 48.8 Å². The predicted molar refractivity (Wildman–Crippen MR) is 27.0 cm³/mol. The van der Waals surface area contributed by atoms with E-state index in [2.05, 4.69) is 6.42 Å². The van der Waals surface area contributed by atoms with Gasteiger partial charge >= 0.3 is 0 Å². The Hall–Kier alpha value is -0.0800. The van der Waals surface area contributed by atoms with Gasteiger partial charge in [-0.1, -0.05) is 0 Å². The van der Waals surface area contributed by atoms with E-state index in [1.165, 1.54) is 0 Å². The summed E-state index contributed by atoms with van der Waals surface area (Å²) in [5.74, 6) is 0.481. The summed E-state index contributed by atoms with van der Waals surface area (Å²) in [6.45, 7) is 1.51. The molecule has 0 unspecified atom stereocenters. The molecule has 2 saturated heterocycles. The molecule has 2 radical (unpaired) electrons. The van der Waals surface area contributed by atoms with Crippen LogP contribution in [0.1, 0.15) is 6.42 Å². The molecule has 2 rings (SSSR count). The normalized spacial score (nSPS) is 45.0. The molecule has 2 nitrogen and oxygen atoms in total. The molecule has 0 aromatic rings. The Balaban J connectivity index is 2.04. The highest BCUT2D eigenvalue weighted by Crippen LogP contribution is 2.29. The van der Waals surface area contributed by atoms with Gasteiger partial charge in [0.2, 0.25) is 0 Å². The maximum absolute atomic E-state index is 5.19. The first-order chi connectivity index (χ1) is 3.97. The van der Waals surface area contributed by atoms with Gasteiger partial charge in [-0.3, -0.25) is 0 Å². The van der Waals surface area contributed by atoms with Crippen LogP contribution >= 0.6 is 0 Å². The minimum atomic E-state index is 0.0648. The van der Waals surface area contributed by atoms with Crippen molar-refractivity contribution in [3.8, 4) is 0 Å². The first-order valence-electron chi connectivity index (χ1n) is 2.93. The fourth-order valence-corrected chi connectivity index (χ4v) is 1.16. The maximum atomic E-state index is 5.19. The van der Waals surface area contributed by atoms with Crippen molar-refractivity contribution in [2.75, 3.05) is 13.2 Å². The zero-order valence-electron chi connectivity index (χ0n) is 4.59. The number of fused-ring (bicyclic) bond motifs is 1. The SMILES string of the molecule is [C]1CO[C@@H]2OCC[C@H]12. The van der Waals surface area contributed by atoms with Gasteiger partial charge in [0.05, 0.1) is 13.2 Å². The summed E-state index contributed by atoms with van der Waals surface area (Å²) in [7, 11) is 0. The van der Waals surface area contributed by atoms with E-state index in [0.717, 1.165) is 13.0 Å². The summed E-state index contributed by atoms with van der Waals surface area (Å²) in [5, 5.41) is 0. The highest BCUT2D eigenvalue weighted by molar-refractivity contribution is 4.87. The molecule has 2 atom stereocenters. The lowest BCUT2D eigenvalue weighted by Gasteiger charge is -2.03. The highest BCUT2D eigenvalue weighted by Gasteiger charge is 2.33. The lowest BCUT2D eigenvalue weighted by molar-refractivity contribution is -0.0904. The van der Waals surface area contributed by atoms with Gasteiger partial charge in [0.1, 0.15) is 0 Å². The second kappa shape index (κ2) is 1.71. The van der Waals surface area contributed by atoms with E-state index in [9.17, 15) is 0 Å². The molecule has 44 valence electrons. The average molecular weight is 112 g/mol. The van der Waals surface area contributed by atoms with Crippen LogP contribution in [0.3, 0.4) is 0 Å². The van der Waals surface area contributed by atoms with Crippen LogP contribution in [0.25, 0.3) is 0 Å². The molecule has 0 bridgehead atoms. The molecule has 2 aliphatic rings. The zero-order chi connectivity index (χ0) is 5.40. The molecular formula is C6H8O2. The fraction of sp³-hybridized carbons (Fsp3) is 0.833. The largest absolute Gasteiger partial charge is 0.352 e. The third-order valence-electron chi connectivity index (χ3n) is 1.63. The van der Waals surface area contributed by atoms with E-state index in [-0.39, 0.29) is 6.29 Å². The van der Waals surface area contributed by atoms with Crippen LogP contribution in [0.5, 0.6) is 0 Å². The van der Waals surface area contributed by atoms with Gasteiger partial charge in [-0.15, -0.1) is 0 Å². The third kappa shape index (κ3) is 0.565. The van der Waals surface area contributed by atoms with Crippen molar-refractivity contribution >= 4 is 0 Å². The first kappa shape index (κ1) is 4.77. The van der Waals surface area contributed by atoms with Gasteiger partial charge in [0.15, 0.2) is 6.29 Å². The molecular weight excluding hydrogens is 104 g/mol. The first-order valence-corrected chi connectivity index (χ1v) is 2.93. The Bertz CT molecular complexity index is 72.5. The predicted octanol–water partition coefficient (Wildman–Crippen LogP) is 0.460. The Morgan fingerprint density at radius 3 is 3.25 bits per heavy atom. The summed E-state index contributed by atoms with van der Waals surface area (Å²) >= 11 is 0. The van der Waals surface area contributed by atoms with Crippen LogP contribution in [0.4, 0.5) is 0 Å². The van der Waals surface area contributed by atoms with Crippen molar-refractivity contribution in [3.63, 3.8) is 0 Å². The Morgan fingerprint density at radius 2 is 2.38 bits per heavy atom. The molecule has 8 heavy (non-hydrogen) atoms. The minimum Gasteiger partial charge on any atom is -0.352 e. The second-order valence-corrected chi connectivity index (χ2v) is 2.15. The molecule has 0 amide bonds. The Kier molecular flexibility index (Phi) is 1.02. The summed E-state index contributed by atoms with van der Waals surface area (Å²) < 4.78 is 10.3. The van der Waals surface area contributed by atoms with Crippen LogP contribution in [0.15, 0.2) is 0 Å². The van der Waals surface area contributed by atoms with Crippen molar-refractivity contribution in [1.82, 2.24) is 0 Å². The molecule has 2 heterocycles. The van der Waals surface area contributed by atoms with Crippen LogP contribution in [0.2, 0.25) is 0 Å². The quantitative estimate of drug-likeness (QED) is 0.453. The van der Waals surface area contributed by atoms with Gasteiger partial charge in [-0.05, 0) is 6.42 Å². The number of ether oxygens (including phenoxy) is 2. The van der Waals surface area contributed by atoms with Crippen molar-refractivity contribution in [1.29, 1.82) is 0 Å². The number of hydrogen-bond acceptors (Lipinski definition) is 2. The second-order valence-electron chi connectivity index (χ2n) is 2.15. The molecule has 2 heteroatoms. The van der Waals surface area contributed by atoms with E-state index in [1.807, 2.05) is 0 Å². The van der Waals surface area contributed by atoms with E-state index >= 15 is 0 Å². The topological polar surface area (TPSA) is 18.5 Å². The molecule has 2 fully saturated rings. The monoisotopic (exact) mass is 112 g/mol. The molecule has 2 aliphatic heterocycles. The third-order valence-corrected chi connectivity index (χ3v) is 1.63. The van der Waals surface area contributed by atoms with Gasteiger partial charge < -0.3 is 9.47 Å². The van der Waals surface area contributed by atoms with Crippen molar-refractivity contribution in [2.24, 2.45) is 5.92 Å². The van der Waals surface area contributed by atoms with E-state index in [1.54, 1.807) is 0 Å². The van der Waals surface area contributed by atoms with E-state index < -0.39 is 0 Å². The van der Waals surface area contributed by atoms with Gasteiger partial charge in [0, 0.05) is 12.3 Å². The number of hydrogen-bond donors (Lipinski definition) is 0. The summed E-state index contributed by atoms with van der Waals surface area (Å²) in [6.07, 6.45) is 4.34. The molecule has 0 aliphatic carbocycles. The van der Waals surface area contributed by atoms with Crippen molar-refractivity contribution in [2.45, 2.75) is 12.7 Å². The highest BCUT2D eigenvalue weighted by atomic mass is 16.7. The molecule has 0 saturated carbocycles. The molecule has 0 N–H and O–H groups in total. The standard InChI is InChI=1S/C6H8O2/c1-3-7-6-5(1)2-4-8-6/h5-6H,1,3-4H2/t5-,6+/m1/s1. The lowest BCUT2D eigenvalue weighted by Crippen LogP contribution is -2.09. The molecule has 0 aromatic carbocycles.